The van der Waals surface area contributed by atoms with Gasteiger partial charge >= 0.3 is 6.09 Å². The van der Waals surface area contributed by atoms with Crippen LogP contribution in [0.25, 0.3) is 0 Å². The topological polar surface area (TPSA) is 56.3 Å². The third-order valence-electron chi connectivity index (χ3n) is 4.74. The number of carbonyl (C=O) groups excluding carboxylic acids is 1. The van der Waals surface area contributed by atoms with E-state index in [9.17, 15) is 10.1 Å². The van der Waals surface area contributed by atoms with Gasteiger partial charge in [0.25, 0.3) is 0 Å². The monoisotopic (exact) mass is 297 g/mol. The highest BCUT2D eigenvalue weighted by Crippen LogP contribution is 2.53. The van der Waals surface area contributed by atoms with Gasteiger partial charge in [-0.2, -0.15) is 5.26 Å². The molecule has 1 amide bonds. The van der Waals surface area contributed by atoms with E-state index in [1.807, 2.05) is 43.9 Å². The zero-order chi connectivity index (χ0) is 15.6. The fourth-order valence-corrected chi connectivity index (χ4v) is 3.95. The van der Waals surface area contributed by atoms with E-state index in [2.05, 4.69) is 17.0 Å². The van der Waals surface area contributed by atoms with Gasteiger partial charge in [0.1, 0.15) is 5.60 Å². The molecule has 2 saturated heterocycles. The molecular formula is C17H19N3O2. The van der Waals surface area contributed by atoms with Gasteiger partial charge in [-0.3, -0.25) is 4.90 Å². The van der Waals surface area contributed by atoms with Crippen LogP contribution in [-0.2, 0) is 4.74 Å². The number of ether oxygens (including phenoxy) is 1. The quantitative estimate of drug-likeness (QED) is 0.690. The molecule has 4 atom stereocenters. The summed E-state index contributed by atoms with van der Waals surface area (Å²) < 4.78 is 5.48. The third kappa shape index (κ3) is 1.73. The Hall–Kier alpha value is -2.22. The normalized spacial score (nSPS) is 31.2. The first-order valence-electron chi connectivity index (χ1n) is 7.69. The number of para-hydroxylation sites is 1. The highest BCUT2D eigenvalue weighted by molar-refractivity contribution is 5.77. The first-order valence-corrected chi connectivity index (χ1v) is 7.69. The summed E-state index contributed by atoms with van der Waals surface area (Å²) in [6, 6.07) is 10.9. The summed E-state index contributed by atoms with van der Waals surface area (Å²) in [4.78, 5) is 16.4. The summed E-state index contributed by atoms with van der Waals surface area (Å²) in [5.41, 5.74) is 1.75. The van der Waals surface area contributed by atoms with E-state index < -0.39 is 5.60 Å². The van der Waals surface area contributed by atoms with Gasteiger partial charge in [-0.1, -0.05) is 18.2 Å². The van der Waals surface area contributed by atoms with Crippen molar-refractivity contribution in [1.82, 2.24) is 4.90 Å². The van der Waals surface area contributed by atoms with E-state index in [-0.39, 0.29) is 30.1 Å². The molecule has 4 rings (SSSR count). The van der Waals surface area contributed by atoms with Gasteiger partial charge in [-0.15, -0.1) is 0 Å². The molecule has 3 aliphatic rings. The summed E-state index contributed by atoms with van der Waals surface area (Å²) >= 11 is 0. The second-order valence-corrected chi connectivity index (χ2v) is 7.25. The molecule has 0 unspecified atom stereocenters. The molecule has 114 valence electrons. The Morgan fingerprint density at radius 2 is 2.05 bits per heavy atom. The zero-order valence-corrected chi connectivity index (χ0v) is 13.0. The number of rotatable bonds is 0. The average Bonchev–Trinajstić information content (AvgIpc) is 2.87. The lowest BCUT2D eigenvalue weighted by Crippen LogP contribution is -2.40. The minimum atomic E-state index is -0.485. The summed E-state index contributed by atoms with van der Waals surface area (Å²) in [6.45, 7) is 6.42. The van der Waals surface area contributed by atoms with Crippen LogP contribution in [0.2, 0.25) is 0 Å². The average molecular weight is 297 g/mol. The van der Waals surface area contributed by atoms with Gasteiger partial charge in [0.05, 0.1) is 30.1 Å². The minimum Gasteiger partial charge on any atom is -0.444 e. The maximum Gasteiger partial charge on any atom is 0.411 e. The van der Waals surface area contributed by atoms with Crippen LogP contribution in [0, 0.1) is 11.3 Å². The van der Waals surface area contributed by atoms with Gasteiger partial charge in [0.15, 0.2) is 0 Å². The SMILES string of the molecule is CC(C)(C)OC(=O)N1[C@@H]2[C@@H]3[C@H](C#N)c4ccccc4N3C[C@@H]21. The molecule has 3 aliphatic heterocycles. The van der Waals surface area contributed by atoms with Crippen molar-refractivity contribution in [3.63, 3.8) is 0 Å². The van der Waals surface area contributed by atoms with E-state index in [0.29, 0.717) is 0 Å². The van der Waals surface area contributed by atoms with E-state index in [1.165, 1.54) is 0 Å². The molecule has 1 aromatic rings. The predicted molar refractivity (Wildman–Crippen MR) is 81.6 cm³/mol. The number of amides is 1. The predicted octanol–water partition coefficient (Wildman–Crippen LogP) is 2.48. The second-order valence-electron chi connectivity index (χ2n) is 7.25. The van der Waals surface area contributed by atoms with Crippen molar-refractivity contribution in [2.75, 3.05) is 11.4 Å². The van der Waals surface area contributed by atoms with Crippen molar-refractivity contribution in [2.45, 2.75) is 50.4 Å². The largest absolute Gasteiger partial charge is 0.444 e. The van der Waals surface area contributed by atoms with E-state index in [0.717, 1.165) is 17.8 Å². The minimum absolute atomic E-state index is 0.0694. The Balaban J connectivity index is 1.59. The molecule has 0 spiro atoms. The van der Waals surface area contributed by atoms with Crippen LogP contribution in [-0.4, -0.2) is 41.3 Å². The number of nitriles is 1. The molecule has 3 heterocycles. The van der Waals surface area contributed by atoms with Gasteiger partial charge in [0, 0.05) is 12.2 Å². The van der Waals surface area contributed by atoms with Gasteiger partial charge in [0.2, 0.25) is 0 Å². The Kier molecular flexibility index (Phi) is 2.54. The first-order chi connectivity index (χ1) is 10.4. The molecule has 0 aliphatic carbocycles. The van der Waals surface area contributed by atoms with Gasteiger partial charge in [-0.25, -0.2) is 4.79 Å². The lowest BCUT2D eigenvalue weighted by Gasteiger charge is -2.27. The van der Waals surface area contributed by atoms with Crippen LogP contribution in [0.1, 0.15) is 32.3 Å². The Labute approximate surface area is 130 Å². The summed E-state index contributed by atoms with van der Waals surface area (Å²) in [6.07, 6.45) is -0.255. The van der Waals surface area contributed by atoms with Gasteiger partial charge in [-0.05, 0) is 32.4 Å². The van der Waals surface area contributed by atoms with Crippen molar-refractivity contribution in [3.8, 4) is 6.07 Å². The van der Waals surface area contributed by atoms with Crippen molar-refractivity contribution in [1.29, 1.82) is 5.26 Å². The molecule has 22 heavy (non-hydrogen) atoms. The number of anilines is 1. The van der Waals surface area contributed by atoms with Crippen LogP contribution in [0.15, 0.2) is 24.3 Å². The molecule has 5 nitrogen and oxygen atoms in total. The maximum absolute atomic E-state index is 12.3. The Morgan fingerprint density at radius 3 is 2.73 bits per heavy atom. The maximum atomic E-state index is 12.3. The van der Waals surface area contributed by atoms with Crippen LogP contribution in [0.5, 0.6) is 0 Å². The number of hydrogen-bond donors (Lipinski definition) is 0. The Morgan fingerprint density at radius 1 is 1.32 bits per heavy atom. The van der Waals surface area contributed by atoms with Gasteiger partial charge < -0.3 is 9.64 Å². The summed E-state index contributed by atoms with van der Waals surface area (Å²) in [7, 11) is 0. The Bertz CT molecular complexity index is 688. The molecular weight excluding hydrogens is 278 g/mol. The first kappa shape index (κ1) is 13.4. The van der Waals surface area contributed by atoms with E-state index in [1.54, 1.807) is 0 Å². The molecule has 5 heteroatoms. The summed E-state index contributed by atoms with van der Waals surface area (Å²) in [5.74, 6) is -0.168. The fourth-order valence-electron chi connectivity index (χ4n) is 3.95. The highest BCUT2D eigenvalue weighted by atomic mass is 16.6. The van der Waals surface area contributed by atoms with Crippen molar-refractivity contribution in [2.24, 2.45) is 0 Å². The van der Waals surface area contributed by atoms with Crippen LogP contribution >= 0.6 is 0 Å². The van der Waals surface area contributed by atoms with Crippen molar-refractivity contribution < 1.29 is 9.53 Å². The fraction of sp³-hybridized carbons (Fsp3) is 0.529. The smallest absolute Gasteiger partial charge is 0.411 e. The van der Waals surface area contributed by atoms with E-state index in [4.69, 9.17) is 4.74 Å². The van der Waals surface area contributed by atoms with Crippen LogP contribution in [0.4, 0.5) is 10.5 Å². The number of piperazine rings is 1. The lowest BCUT2D eigenvalue weighted by molar-refractivity contribution is 0.0382. The molecule has 0 N–H and O–H groups in total. The van der Waals surface area contributed by atoms with Crippen LogP contribution in [0.3, 0.4) is 0 Å². The molecule has 0 aromatic heterocycles. The second kappa shape index (κ2) is 4.16. The van der Waals surface area contributed by atoms with Crippen molar-refractivity contribution in [3.05, 3.63) is 29.8 Å². The molecule has 2 fully saturated rings. The highest BCUT2D eigenvalue weighted by Gasteiger charge is 2.67. The number of nitrogens with zero attached hydrogens (tertiary/aromatic N) is 3. The third-order valence-corrected chi connectivity index (χ3v) is 4.74. The molecule has 1 aromatic carbocycles. The molecule has 0 saturated carbocycles. The number of hydrogen-bond acceptors (Lipinski definition) is 4. The molecule has 0 bridgehead atoms. The van der Waals surface area contributed by atoms with Crippen molar-refractivity contribution >= 4 is 11.8 Å². The zero-order valence-electron chi connectivity index (χ0n) is 13.0. The number of fused-ring (bicyclic) bond motifs is 5. The van der Waals surface area contributed by atoms with E-state index >= 15 is 0 Å². The number of carbonyl (C=O) groups is 1. The number of benzene rings is 1. The standard InChI is InChI=1S/C17H19N3O2/c1-17(2,3)22-16(21)20-13-9-19-12-7-5-4-6-10(12)11(8-18)14(19)15(13)20/h4-7,11,13-15H,9H2,1-3H3/t11-,13+,14+,15+,20?/m1/s1. The van der Waals surface area contributed by atoms with Crippen LogP contribution < -0.4 is 4.90 Å². The molecule has 0 radical (unpaired) electrons. The lowest BCUT2D eigenvalue weighted by atomic mass is 9.94. The summed E-state index contributed by atoms with van der Waals surface area (Å²) in [5, 5.41) is 9.60.